The van der Waals surface area contributed by atoms with Gasteiger partial charge in [-0.1, -0.05) is 28.1 Å². The van der Waals surface area contributed by atoms with E-state index in [4.69, 9.17) is 4.42 Å². The molecule has 2 rings (SSSR count). The van der Waals surface area contributed by atoms with Crippen molar-refractivity contribution in [2.45, 2.75) is 25.6 Å². The topological polar surface area (TPSA) is 13.1 Å². The zero-order valence-corrected chi connectivity index (χ0v) is 11.6. The second-order valence-corrected chi connectivity index (χ2v) is 5.21. The summed E-state index contributed by atoms with van der Waals surface area (Å²) in [7, 11) is 0. The number of benzene rings is 1. The Hall–Kier alpha value is -1.09. The van der Waals surface area contributed by atoms with E-state index in [1.165, 1.54) is 0 Å². The van der Waals surface area contributed by atoms with E-state index in [0.717, 1.165) is 16.9 Å². The van der Waals surface area contributed by atoms with E-state index in [9.17, 15) is 4.39 Å². The van der Waals surface area contributed by atoms with Gasteiger partial charge in [-0.25, -0.2) is 4.39 Å². The van der Waals surface area contributed by atoms with Crippen LogP contribution in [0.5, 0.6) is 0 Å². The number of rotatable bonds is 2. The molecule has 3 heteroatoms. The molecule has 0 radical (unpaired) electrons. The van der Waals surface area contributed by atoms with Crippen molar-refractivity contribution in [1.29, 1.82) is 0 Å². The van der Waals surface area contributed by atoms with Gasteiger partial charge >= 0.3 is 0 Å². The quantitative estimate of drug-likeness (QED) is 0.724. The van der Waals surface area contributed by atoms with Crippen molar-refractivity contribution in [3.8, 4) is 0 Å². The maximum Gasteiger partial charge on any atom is 0.129 e. The van der Waals surface area contributed by atoms with Gasteiger partial charge in [-0.3, -0.25) is 0 Å². The molecule has 0 aliphatic rings. The fourth-order valence-electron chi connectivity index (χ4n) is 1.92. The van der Waals surface area contributed by atoms with Gasteiger partial charge in [-0.2, -0.15) is 0 Å². The van der Waals surface area contributed by atoms with Crippen LogP contribution in [-0.4, -0.2) is 0 Å². The molecule has 0 bridgehead atoms. The second-order valence-electron chi connectivity index (χ2n) is 4.30. The van der Waals surface area contributed by atoms with Crippen molar-refractivity contribution in [2.75, 3.05) is 0 Å². The highest BCUT2D eigenvalue weighted by Crippen LogP contribution is 2.34. The van der Waals surface area contributed by atoms with E-state index in [-0.39, 0.29) is 10.6 Å². The molecule has 0 aliphatic heterocycles. The Balaban J connectivity index is 2.45. The molecule has 0 fully saturated rings. The molecular weight excluding hydrogens is 283 g/mol. The van der Waals surface area contributed by atoms with E-state index in [1.807, 2.05) is 25.1 Å². The van der Waals surface area contributed by atoms with Crippen LogP contribution >= 0.6 is 15.9 Å². The van der Waals surface area contributed by atoms with E-state index in [1.54, 1.807) is 20.1 Å². The molecular formula is C14H14BrFO. The predicted octanol–water partition coefficient (Wildman–Crippen LogP) is 4.83. The first-order chi connectivity index (χ1) is 8.00. The number of furan rings is 1. The fraction of sp³-hybridized carbons (Fsp3) is 0.286. The third kappa shape index (κ3) is 2.29. The number of hydrogen-bond donors (Lipinski definition) is 0. The Morgan fingerprint density at radius 2 is 1.71 bits per heavy atom. The minimum absolute atomic E-state index is 0.0319. The van der Waals surface area contributed by atoms with Crippen LogP contribution in [0.2, 0.25) is 0 Å². The van der Waals surface area contributed by atoms with Crippen molar-refractivity contribution in [3.63, 3.8) is 0 Å². The summed E-state index contributed by atoms with van der Waals surface area (Å²) in [5, 5.41) is 0. The van der Waals surface area contributed by atoms with Crippen molar-refractivity contribution in [2.24, 2.45) is 0 Å². The molecule has 2 aromatic rings. The zero-order chi connectivity index (χ0) is 12.6. The highest BCUT2D eigenvalue weighted by molar-refractivity contribution is 9.09. The molecule has 0 saturated heterocycles. The summed E-state index contributed by atoms with van der Waals surface area (Å²) < 4.78 is 19.0. The lowest BCUT2D eigenvalue weighted by Crippen LogP contribution is -1.97. The molecule has 0 aliphatic carbocycles. The maximum atomic E-state index is 13.6. The number of alkyl halides is 1. The van der Waals surface area contributed by atoms with Crippen LogP contribution in [0.25, 0.3) is 0 Å². The molecule has 0 spiro atoms. The smallest absolute Gasteiger partial charge is 0.129 e. The molecule has 0 amide bonds. The highest BCUT2D eigenvalue weighted by atomic mass is 79.9. The Bertz CT molecular complexity index is 522. The Labute approximate surface area is 109 Å². The molecule has 17 heavy (non-hydrogen) atoms. The lowest BCUT2D eigenvalue weighted by Gasteiger charge is -2.12. The normalized spacial score (nSPS) is 12.8. The van der Waals surface area contributed by atoms with Gasteiger partial charge in [0.15, 0.2) is 0 Å². The van der Waals surface area contributed by atoms with Gasteiger partial charge in [0, 0.05) is 0 Å². The third-order valence-electron chi connectivity index (χ3n) is 2.88. The molecule has 90 valence electrons. The molecule has 1 aromatic carbocycles. The van der Waals surface area contributed by atoms with Gasteiger partial charge in [0.05, 0.1) is 11.1 Å². The lowest BCUT2D eigenvalue weighted by molar-refractivity contribution is 0.516. The first-order valence-corrected chi connectivity index (χ1v) is 6.37. The van der Waals surface area contributed by atoms with Crippen LogP contribution in [0.1, 0.15) is 32.8 Å². The third-order valence-corrected chi connectivity index (χ3v) is 3.83. The molecule has 1 unspecified atom stereocenters. The molecule has 0 saturated carbocycles. The largest absolute Gasteiger partial charge is 0.468 e. The van der Waals surface area contributed by atoms with Crippen LogP contribution in [0.4, 0.5) is 4.39 Å². The average Bonchev–Trinajstić information content (AvgIpc) is 2.70. The molecule has 1 aromatic heterocycles. The summed E-state index contributed by atoms with van der Waals surface area (Å²) in [6.45, 7) is 5.55. The number of aryl methyl sites for hydroxylation is 3. The molecule has 0 N–H and O–H groups in total. The van der Waals surface area contributed by atoms with Crippen molar-refractivity contribution in [1.82, 2.24) is 0 Å². The molecule has 1 atom stereocenters. The summed E-state index contributed by atoms with van der Waals surface area (Å²) in [6.07, 6.45) is 1.67. The van der Waals surface area contributed by atoms with Crippen molar-refractivity contribution < 1.29 is 8.81 Å². The summed E-state index contributed by atoms with van der Waals surface area (Å²) in [5.41, 5.74) is 3.42. The van der Waals surface area contributed by atoms with Gasteiger partial charge in [-0.05, 0) is 49.1 Å². The van der Waals surface area contributed by atoms with Crippen molar-refractivity contribution in [3.05, 3.63) is 58.3 Å². The SMILES string of the molecule is Cc1ccoc1C(Br)c1cc(C)c(F)c(C)c1. The van der Waals surface area contributed by atoms with Crippen LogP contribution < -0.4 is 0 Å². The Morgan fingerprint density at radius 1 is 1.12 bits per heavy atom. The monoisotopic (exact) mass is 296 g/mol. The standard InChI is InChI=1S/C14H14BrFO/c1-8-4-5-17-14(8)12(15)11-6-9(2)13(16)10(3)7-11/h4-7,12H,1-3H3. The van der Waals surface area contributed by atoms with E-state index in [0.29, 0.717) is 11.1 Å². The second kappa shape index (κ2) is 4.65. The van der Waals surface area contributed by atoms with E-state index < -0.39 is 0 Å². The Kier molecular flexibility index (Phi) is 3.38. The minimum atomic E-state index is -0.135. The fourth-order valence-corrected chi connectivity index (χ4v) is 2.65. The summed E-state index contributed by atoms with van der Waals surface area (Å²) in [6, 6.07) is 5.63. The molecule has 1 heterocycles. The van der Waals surface area contributed by atoms with Gasteiger partial charge in [0.1, 0.15) is 11.6 Å². The maximum absolute atomic E-state index is 13.6. The van der Waals surface area contributed by atoms with E-state index >= 15 is 0 Å². The van der Waals surface area contributed by atoms with Crippen LogP contribution in [-0.2, 0) is 0 Å². The van der Waals surface area contributed by atoms with Crippen LogP contribution in [0, 0.1) is 26.6 Å². The first-order valence-electron chi connectivity index (χ1n) is 5.45. The van der Waals surface area contributed by atoms with E-state index in [2.05, 4.69) is 15.9 Å². The number of halogens is 2. The number of hydrogen-bond acceptors (Lipinski definition) is 1. The van der Waals surface area contributed by atoms with Gasteiger partial charge < -0.3 is 4.42 Å². The lowest BCUT2D eigenvalue weighted by atomic mass is 10.0. The summed E-state index contributed by atoms with van der Waals surface area (Å²) in [4.78, 5) is -0.0319. The highest BCUT2D eigenvalue weighted by Gasteiger charge is 2.17. The average molecular weight is 297 g/mol. The van der Waals surface area contributed by atoms with Gasteiger partial charge in [0.2, 0.25) is 0 Å². The first kappa shape index (κ1) is 12.4. The van der Waals surface area contributed by atoms with Gasteiger partial charge in [-0.15, -0.1) is 0 Å². The minimum Gasteiger partial charge on any atom is -0.468 e. The summed E-state index contributed by atoms with van der Waals surface area (Å²) >= 11 is 3.60. The van der Waals surface area contributed by atoms with Gasteiger partial charge in [0.25, 0.3) is 0 Å². The Morgan fingerprint density at radius 3 is 2.18 bits per heavy atom. The summed E-state index contributed by atoms with van der Waals surface area (Å²) in [5.74, 6) is 0.736. The zero-order valence-electron chi connectivity index (χ0n) is 10.1. The predicted molar refractivity (Wildman–Crippen MR) is 70.1 cm³/mol. The van der Waals surface area contributed by atoms with Crippen LogP contribution in [0.15, 0.2) is 28.9 Å². The molecule has 1 nitrogen and oxygen atoms in total. The van der Waals surface area contributed by atoms with Crippen LogP contribution in [0.3, 0.4) is 0 Å². The van der Waals surface area contributed by atoms with Crippen molar-refractivity contribution >= 4 is 15.9 Å².